The molecule has 15 heavy (non-hydrogen) atoms. The Hall–Kier alpha value is -0.710. The van der Waals surface area contributed by atoms with Crippen molar-refractivity contribution in [3.8, 4) is 0 Å². The van der Waals surface area contributed by atoms with Crippen LogP contribution >= 0.6 is 0 Å². The molecule has 1 saturated carbocycles. The van der Waals surface area contributed by atoms with Crippen molar-refractivity contribution in [3.63, 3.8) is 0 Å². The van der Waals surface area contributed by atoms with Gasteiger partial charge in [-0.05, 0) is 26.3 Å². The number of fused-ring (bicyclic) bond motifs is 1. The normalized spacial score (nSPS) is 43.1. The quantitative estimate of drug-likeness (QED) is 0.500. The minimum absolute atomic E-state index is 0.115. The average molecular weight is 212 g/mol. The number of hydrogen-bond donors (Lipinski definition) is 2. The van der Waals surface area contributed by atoms with Crippen LogP contribution in [0.4, 0.5) is 0 Å². The summed E-state index contributed by atoms with van der Waals surface area (Å²) >= 11 is 0. The topological polar surface area (TPSA) is 70.1 Å². The fourth-order valence-electron chi connectivity index (χ4n) is 2.16. The zero-order valence-electron chi connectivity index (χ0n) is 8.88. The molecule has 0 aromatic carbocycles. The van der Waals surface area contributed by atoms with Gasteiger partial charge in [0.2, 0.25) is 0 Å². The molecule has 4 heteroatoms. The Morgan fingerprint density at radius 1 is 1.33 bits per heavy atom. The van der Waals surface area contributed by atoms with Crippen molar-refractivity contribution in [3.05, 3.63) is 11.6 Å². The molecule has 0 spiro atoms. The van der Waals surface area contributed by atoms with E-state index in [0.717, 1.165) is 5.57 Å². The Labute approximate surface area is 88.6 Å². The number of carbonyl (C=O) groups is 1. The van der Waals surface area contributed by atoms with Crippen molar-refractivity contribution in [1.82, 2.24) is 0 Å². The summed E-state index contributed by atoms with van der Waals surface area (Å²) in [5, 5.41) is 19.4. The van der Waals surface area contributed by atoms with Crippen LogP contribution in [-0.4, -0.2) is 40.4 Å². The van der Waals surface area contributed by atoms with Crippen LogP contribution in [0.2, 0.25) is 0 Å². The van der Waals surface area contributed by atoms with E-state index in [1.165, 1.54) is 6.08 Å². The van der Waals surface area contributed by atoms with Gasteiger partial charge in [-0.25, -0.2) is 0 Å². The second-order valence-electron chi connectivity index (χ2n) is 4.59. The highest BCUT2D eigenvalue weighted by molar-refractivity contribution is 5.93. The fourth-order valence-corrected chi connectivity index (χ4v) is 2.16. The zero-order valence-corrected chi connectivity index (χ0v) is 8.88. The van der Waals surface area contributed by atoms with Crippen LogP contribution in [0.15, 0.2) is 11.6 Å². The van der Waals surface area contributed by atoms with Gasteiger partial charge < -0.3 is 14.9 Å². The maximum Gasteiger partial charge on any atom is 0.161 e. The van der Waals surface area contributed by atoms with Crippen LogP contribution in [0.25, 0.3) is 0 Å². The predicted molar refractivity (Wildman–Crippen MR) is 53.2 cm³/mol. The number of allylic oxidation sites excluding steroid dienone is 2. The summed E-state index contributed by atoms with van der Waals surface area (Å²) in [6.45, 7) is 3.67. The molecular weight excluding hydrogens is 196 g/mol. The minimum Gasteiger partial charge on any atom is -0.390 e. The van der Waals surface area contributed by atoms with Crippen LogP contribution in [-0.2, 0) is 9.53 Å². The van der Waals surface area contributed by atoms with E-state index in [4.69, 9.17) is 4.74 Å². The summed E-state index contributed by atoms with van der Waals surface area (Å²) < 4.78 is 5.11. The molecule has 1 aliphatic carbocycles. The van der Waals surface area contributed by atoms with Crippen molar-refractivity contribution < 1.29 is 19.7 Å². The highest BCUT2D eigenvalue weighted by Crippen LogP contribution is 2.40. The summed E-state index contributed by atoms with van der Waals surface area (Å²) in [4.78, 5) is 11.7. The van der Waals surface area contributed by atoms with Gasteiger partial charge >= 0.3 is 0 Å². The maximum atomic E-state index is 11.7. The van der Waals surface area contributed by atoms with E-state index in [0.29, 0.717) is 6.42 Å². The number of ether oxygens (including phenoxy) is 1. The molecule has 4 nitrogen and oxygen atoms in total. The highest BCUT2D eigenvalue weighted by Gasteiger charge is 2.56. The molecule has 1 aliphatic heterocycles. The molecule has 0 bridgehead atoms. The second kappa shape index (κ2) is 3.70. The lowest BCUT2D eigenvalue weighted by atomic mass is 9.81. The van der Waals surface area contributed by atoms with E-state index in [-0.39, 0.29) is 18.0 Å². The average Bonchev–Trinajstić information content (AvgIpc) is 2.89. The number of ketones is 1. The molecule has 2 aliphatic rings. The van der Waals surface area contributed by atoms with Crippen LogP contribution in [0, 0.1) is 5.92 Å². The Morgan fingerprint density at radius 2 is 2.00 bits per heavy atom. The third-order valence-electron chi connectivity index (χ3n) is 2.98. The van der Waals surface area contributed by atoms with Crippen LogP contribution < -0.4 is 0 Å². The summed E-state index contributed by atoms with van der Waals surface area (Å²) in [6.07, 6.45) is -0.155. The molecule has 1 saturated heterocycles. The Balaban J connectivity index is 2.08. The van der Waals surface area contributed by atoms with Crippen molar-refractivity contribution in [2.45, 2.75) is 44.7 Å². The third kappa shape index (κ3) is 1.97. The Bertz CT molecular complexity index is 306. The van der Waals surface area contributed by atoms with E-state index in [2.05, 4.69) is 0 Å². The highest BCUT2D eigenvalue weighted by atomic mass is 16.6. The Kier molecular flexibility index (Phi) is 2.66. The number of carbonyl (C=O) groups excluding carboxylic acids is 1. The number of hydrogen-bond acceptors (Lipinski definition) is 4. The first kappa shape index (κ1) is 10.8. The van der Waals surface area contributed by atoms with Gasteiger partial charge in [0.05, 0.1) is 18.1 Å². The van der Waals surface area contributed by atoms with Gasteiger partial charge in [-0.2, -0.15) is 0 Å². The van der Waals surface area contributed by atoms with Gasteiger partial charge in [0.25, 0.3) is 0 Å². The Morgan fingerprint density at radius 3 is 2.60 bits per heavy atom. The van der Waals surface area contributed by atoms with Gasteiger partial charge in [0.1, 0.15) is 12.2 Å². The lowest BCUT2D eigenvalue weighted by molar-refractivity contribution is -0.124. The first-order valence-corrected chi connectivity index (χ1v) is 5.21. The van der Waals surface area contributed by atoms with Crippen molar-refractivity contribution in [2.24, 2.45) is 5.92 Å². The molecule has 0 aromatic rings. The summed E-state index contributed by atoms with van der Waals surface area (Å²) in [7, 11) is 0. The molecule has 0 aromatic heterocycles. The lowest BCUT2D eigenvalue weighted by Gasteiger charge is -2.25. The van der Waals surface area contributed by atoms with E-state index >= 15 is 0 Å². The van der Waals surface area contributed by atoms with E-state index in [9.17, 15) is 15.0 Å². The lowest BCUT2D eigenvalue weighted by Crippen LogP contribution is -2.42. The molecule has 2 rings (SSSR count). The largest absolute Gasteiger partial charge is 0.390 e. The van der Waals surface area contributed by atoms with E-state index < -0.39 is 18.1 Å². The van der Waals surface area contributed by atoms with Crippen LogP contribution in [0.1, 0.15) is 20.3 Å². The number of epoxide rings is 1. The standard InChI is InChI=1S/C11H16O4/c1-5(2)3-7(12)6-4-8(13)10-11(15-10)9(6)14/h3,6,8-11,13-14H,4H2,1-2H3/t6-,8+,9-,10-,11+/m0/s1. The molecule has 1 heterocycles. The van der Waals surface area contributed by atoms with Gasteiger partial charge in [0, 0.05) is 0 Å². The van der Waals surface area contributed by atoms with E-state index in [1.807, 2.05) is 13.8 Å². The minimum atomic E-state index is -0.763. The monoisotopic (exact) mass is 212 g/mol. The predicted octanol–water partition coefficient (Wildman–Crippen LogP) is 0.0308. The maximum absolute atomic E-state index is 11.7. The number of rotatable bonds is 2. The first-order valence-electron chi connectivity index (χ1n) is 5.21. The second-order valence-corrected chi connectivity index (χ2v) is 4.59. The molecule has 5 atom stereocenters. The molecule has 0 radical (unpaired) electrons. The molecule has 2 fully saturated rings. The van der Waals surface area contributed by atoms with Gasteiger partial charge in [-0.3, -0.25) is 4.79 Å². The molecule has 0 unspecified atom stereocenters. The SMILES string of the molecule is CC(C)=CC(=O)[C@@H]1C[C@@H](O)[C@@H]2O[C@@H]2[C@H]1O. The fraction of sp³-hybridized carbons (Fsp3) is 0.727. The number of aliphatic hydroxyl groups excluding tert-OH is 2. The van der Waals surface area contributed by atoms with Gasteiger partial charge in [-0.15, -0.1) is 0 Å². The summed E-state index contributed by atoms with van der Waals surface area (Å²) in [5.74, 6) is -0.630. The molecule has 0 amide bonds. The first-order chi connectivity index (χ1) is 7.00. The third-order valence-corrected chi connectivity index (χ3v) is 2.98. The van der Waals surface area contributed by atoms with Gasteiger partial charge in [0.15, 0.2) is 5.78 Å². The number of aliphatic hydroxyl groups is 2. The van der Waals surface area contributed by atoms with Crippen molar-refractivity contribution in [1.29, 1.82) is 0 Å². The summed E-state index contributed by atoms with van der Waals surface area (Å²) in [6, 6.07) is 0. The summed E-state index contributed by atoms with van der Waals surface area (Å²) in [5.41, 5.74) is 0.903. The molecule has 2 N–H and O–H groups in total. The van der Waals surface area contributed by atoms with Crippen LogP contribution in [0.5, 0.6) is 0 Å². The molecular formula is C11H16O4. The van der Waals surface area contributed by atoms with Crippen molar-refractivity contribution >= 4 is 5.78 Å². The zero-order chi connectivity index (χ0) is 11.2. The van der Waals surface area contributed by atoms with Gasteiger partial charge in [-0.1, -0.05) is 5.57 Å². The smallest absolute Gasteiger partial charge is 0.161 e. The molecule has 84 valence electrons. The van der Waals surface area contributed by atoms with Crippen LogP contribution in [0.3, 0.4) is 0 Å². The van der Waals surface area contributed by atoms with E-state index in [1.54, 1.807) is 0 Å². The van der Waals surface area contributed by atoms with Crippen molar-refractivity contribution in [2.75, 3.05) is 0 Å².